The van der Waals surface area contributed by atoms with E-state index in [-0.39, 0.29) is 5.43 Å². The van der Waals surface area contributed by atoms with Crippen molar-refractivity contribution in [2.24, 2.45) is 0 Å². The van der Waals surface area contributed by atoms with Crippen LogP contribution < -0.4 is 15.5 Å². The van der Waals surface area contributed by atoms with E-state index in [1.165, 1.54) is 0 Å². The van der Waals surface area contributed by atoms with Crippen molar-refractivity contribution in [2.45, 2.75) is 0 Å². The van der Waals surface area contributed by atoms with Gasteiger partial charge in [0.15, 0.2) is 0 Å². The minimum Gasteiger partial charge on any atom is -0.497 e. The number of halogens is 1. The predicted octanol–water partition coefficient (Wildman–Crippen LogP) is 5.35. The van der Waals surface area contributed by atoms with Crippen LogP contribution in [0.3, 0.4) is 0 Å². The maximum atomic E-state index is 13.0. The fraction of sp³-hybridized carbons (Fsp3) is 0.0500. The number of anilines is 2. The van der Waals surface area contributed by atoms with Crippen LogP contribution in [0.5, 0.6) is 5.75 Å². The number of fused-ring (bicyclic) bond motifs is 2. The van der Waals surface area contributed by atoms with Crippen LogP contribution in [-0.2, 0) is 0 Å². The Morgan fingerprint density at radius 2 is 1.80 bits per heavy atom. The van der Waals surface area contributed by atoms with E-state index in [2.05, 4.69) is 5.32 Å². The molecule has 0 aliphatic heterocycles. The Morgan fingerprint density at radius 3 is 2.56 bits per heavy atom. The molecule has 1 heterocycles. The summed E-state index contributed by atoms with van der Waals surface area (Å²) in [6.07, 6.45) is 0. The first-order valence-corrected chi connectivity index (χ1v) is 8.10. The van der Waals surface area contributed by atoms with Gasteiger partial charge in [-0.15, -0.1) is 0 Å². The summed E-state index contributed by atoms with van der Waals surface area (Å²) in [4.78, 5) is 13.0. The van der Waals surface area contributed by atoms with Gasteiger partial charge in [0.25, 0.3) is 0 Å². The molecule has 0 amide bonds. The average Bonchev–Trinajstić information content (AvgIpc) is 2.63. The van der Waals surface area contributed by atoms with Crippen LogP contribution >= 0.6 is 11.6 Å². The first-order chi connectivity index (χ1) is 12.2. The lowest BCUT2D eigenvalue weighted by Crippen LogP contribution is -2.05. The molecule has 124 valence electrons. The van der Waals surface area contributed by atoms with Crippen LogP contribution in [0, 0.1) is 0 Å². The van der Waals surface area contributed by atoms with Gasteiger partial charge >= 0.3 is 0 Å². The van der Waals surface area contributed by atoms with Crippen LogP contribution in [0.1, 0.15) is 0 Å². The second kappa shape index (κ2) is 6.15. The summed E-state index contributed by atoms with van der Waals surface area (Å²) in [7, 11) is 1.58. The SMILES string of the molecule is COc1ccc2c(=O)c3c(Nc4ccc(Cl)cc4)cccc3oc2c1. The Kier molecular flexibility index (Phi) is 3.82. The standard InChI is InChI=1S/C20H14ClNO3/c1-24-14-9-10-15-18(11-14)25-17-4-2-3-16(19(17)20(15)23)22-13-7-5-12(21)6-8-13/h2-11,22H,1H3. The zero-order chi connectivity index (χ0) is 17.4. The van der Waals surface area contributed by atoms with Gasteiger partial charge in [-0.3, -0.25) is 4.79 Å². The minimum absolute atomic E-state index is 0.0871. The molecule has 0 spiro atoms. The quantitative estimate of drug-likeness (QED) is 0.505. The second-order valence-electron chi connectivity index (χ2n) is 5.60. The molecule has 0 radical (unpaired) electrons. The lowest BCUT2D eigenvalue weighted by atomic mass is 10.1. The Balaban J connectivity index is 1.92. The number of rotatable bonds is 3. The van der Waals surface area contributed by atoms with Crippen molar-refractivity contribution in [2.75, 3.05) is 12.4 Å². The van der Waals surface area contributed by atoms with Crippen molar-refractivity contribution >= 4 is 44.9 Å². The van der Waals surface area contributed by atoms with E-state index in [1.54, 1.807) is 43.5 Å². The van der Waals surface area contributed by atoms with E-state index in [4.69, 9.17) is 20.8 Å². The number of hydrogen-bond acceptors (Lipinski definition) is 4. The van der Waals surface area contributed by atoms with Crippen molar-refractivity contribution < 1.29 is 9.15 Å². The van der Waals surface area contributed by atoms with E-state index >= 15 is 0 Å². The molecule has 4 aromatic rings. The van der Waals surface area contributed by atoms with Crippen LogP contribution in [0.25, 0.3) is 21.9 Å². The zero-order valence-electron chi connectivity index (χ0n) is 13.4. The Bertz CT molecular complexity index is 1130. The number of benzene rings is 3. The van der Waals surface area contributed by atoms with Crippen molar-refractivity contribution in [1.82, 2.24) is 0 Å². The largest absolute Gasteiger partial charge is 0.497 e. The first-order valence-electron chi connectivity index (χ1n) is 7.72. The molecule has 0 fully saturated rings. The maximum Gasteiger partial charge on any atom is 0.202 e. The maximum absolute atomic E-state index is 13.0. The summed E-state index contributed by atoms with van der Waals surface area (Å²) in [5.74, 6) is 0.644. The lowest BCUT2D eigenvalue weighted by molar-refractivity contribution is 0.414. The van der Waals surface area contributed by atoms with E-state index in [0.717, 1.165) is 5.69 Å². The number of methoxy groups -OCH3 is 1. The molecule has 0 saturated heterocycles. The molecule has 0 atom stereocenters. The second-order valence-corrected chi connectivity index (χ2v) is 6.04. The molecule has 0 bridgehead atoms. The summed E-state index contributed by atoms with van der Waals surface area (Å²) in [6.45, 7) is 0. The highest BCUT2D eigenvalue weighted by Gasteiger charge is 2.12. The van der Waals surface area contributed by atoms with Gasteiger partial charge in [-0.2, -0.15) is 0 Å². The van der Waals surface area contributed by atoms with Crippen LogP contribution in [0.15, 0.2) is 69.9 Å². The van der Waals surface area contributed by atoms with Gasteiger partial charge < -0.3 is 14.5 Å². The van der Waals surface area contributed by atoms with Gasteiger partial charge in [-0.05, 0) is 48.5 Å². The molecule has 5 heteroatoms. The highest BCUT2D eigenvalue weighted by atomic mass is 35.5. The van der Waals surface area contributed by atoms with E-state index < -0.39 is 0 Å². The fourth-order valence-electron chi connectivity index (χ4n) is 2.80. The van der Waals surface area contributed by atoms with E-state index in [0.29, 0.717) is 38.4 Å². The van der Waals surface area contributed by atoms with Crippen molar-refractivity contribution in [1.29, 1.82) is 0 Å². The molecule has 0 aliphatic rings. The van der Waals surface area contributed by atoms with Gasteiger partial charge in [0, 0.05) is 16.8 Å². The molecule has 1 aromatic heterocycles. The Labute approximate surface area is 148 Å². The summed E-state index contributed by atoms with van der Waals surface area (Å²) in [5, 5.41) is 4.94. The van der Waals surface area contributed by atoms with E-state index in [1.807, 2.05) is 24.3 Å². The monoisotopic (exact) mass is 351 g/mol. The smallest absolute Gasteiger partial charge is 0.202 e. The molecular weight excluding hydrogens is 338 g/mol. The predicted molar refractivity (Wildman–Crippen MR) is 101 cm³/mol. The average molecular weight is 352 g/mol. The third kappa shape index (κ3) is 2.81. The van der Waals surface area contributed by atoms with Crippen LogP contribution in [-0.4, -0.2) is 7.11 Å². The van der Waals surface area contributed by atoms with Crippen LogP contribution in [0.4, 0.5) is 11.4 Å². The molecule has 1 N–H and O–H groups in total. The number of ether oxygens (including phenoxy) is 1. The molecule has 25 heavy (non-hydrogen) atoms. The highest BCUT2D eigenvalue weighted by Crippen LogP contribution is 2.28. The summed E-state index contributed by atoms with van der Waals surface area (Å²) in [6, 6.07) is 18.0. The molecule has 0 aliphatic carbocycles. The van der Waals surface area contributed by atoms with Gasteiger partial charge in [-0.1, -0.05) is 17.7 Å². The molecule has 0 unspecified atom stereocenters. The summed E-state index contributed by atoms with van der Waals surface area (Å²) >= 11 is 5.92. The number of nitrogens with one attached hydrogen (secondary N) is 1. The molecular formula is C20H14ClNO3. The third-order valence-electron chi connectivity index (χ3n) is 4.03. The molecule has 4 rings (SSSR count). The van der Waals surface area contributed by atoms with Crippen molar-refractivity contribution in [3.63, 3.8) is 0 Å². The topological polar surface area (TPSA) is 51.5 Å². The molecule has 3 aromatic carbocycles. The van der Waals surface area contributed by atoms with Gasteiger partial charge in [-0.25, -0.2) is 0 Å². The van der Waals surface area contributed by atoms with Gasteiger partial charge in [0.2, 0.25) is 5.43 Å². The molecule has 4 nitrogen and oxygen atoms in total. The lowest BCUT2D eigenvalue weighted by Gasteiger charge is -2.10. The Hall–Kier alpha value is -2.98. The highest BCUT2D eigenvalue weighted by molar-refractivity contribution is 6.30. The summed E-state index contributed by atoms with van der Waals surface area (Å²) in [5.41, 5.74) is 2.46. The summed E-state index contributed by atoms with van der Waals surface area (Å²) < 4.78 is 11.1. The van der Waals surface area contributed by atoms with Crippen molar-refractivity contribution in [3.05, 3.63) is 75.9 Å². The molecule has 0 saturated carbocycles. The van der Waals surface area contributed by atoms with Crippen molar-refractivity contribution in [3.8, 4) is 5.75 Å². The van der Waals surface area contributed by atoms with E-state index in [9.17, 15) is 4.79 Å². The first kappa shape index (κ1) is 15.5. The van der Waals surface area contributed by atoms with Crippen LogP contribution in [0.2, 0.25) is 5.02 Å². The fourth-order valence-corrected chi connectivity index (χ4v) is 2.92. The Morgan fingerprint density at radius 1 is 1.00 bits per heavy atom. The van der Waals surface area contributed by atoms with Gasteiger partial charge in [0.05, 0.1) is 23.6 Å². The normalized spacial score (nSPS) is 11.0. The zero-order valence-corrected chi connectivity index (χ0v) is 14.1. The minimum atomic E-state index is -0.0871. The third-order valence-corrected chi connectivity index (χ3v) is 4.28. The van der Waals surface area contributed by atoms with Gasteiger partial charge in [0.1, 0.15) is 16.9 Å². The number of hydrogen-bond donors (Lipinski definition) is 1.